The molecule has 0 aliphatic carbocycles. The average molecular weight is 254 g/mol. The smallest absolute Gasteiger partial charge is 0.423 e. The highest BCUT2D eigenvalue weighted by Gasteiger charge is 2.09. The fourth-order valence-electron chi connectivity index (χ4n) is 2.09. The van der Waals surface area contributed by atoms with Gasteiger partial charge in [-0.15, -0.1) is 0 Å². The molecule has 0 unspecified atom stereocenters. The maximum absolute atomic E-state index is 9.06. The van der Waals surface area contributed by atoms with Crippen LogP contribution in [0.4, 0.5) is 0 Å². The van der Waals surface area contributed by atoms with E-state index in [9.17, 15) is 0 Å². The van der Waals surface area contributed by atoms with Gasteiger partial charge >= 0.3 is 7.12 Å². The number of unbranched alkanes of at least 4 members (excludes halogenated alkanes) is 1. The Labute approximate surface area is 114 Å². The van der Waals surface area contributed by atoms with Crippen LogP contribution in [0.25, 0.3) is 11.1 Å². The normalized spacial score (nSPS) is 10.5. The molecule has 0 spiro atoms. The molecule has 3 heteroatoms. The van der Waals surface area contributed by atoms with E-state index in [1.54, 1.807) is 12.1 Å². The Kier molecular flexibility index (Phi) is 4.77. The maximum atomic E-state index is 9.06. The topological polar surface area (TPSA) is 40.5 Å². The summed E-state index contributed by atoms with van der Waals surface area (Å²) in [5.74, 6) is 0. The molecule has 0 radical (unpaired) electrons. The molecule has 0 saturated carbocycles. The molecule has 0 fully saturated rings. The van der Waals surface area contributed by atoms with Gasteiger partial charge < -0.3 is 10.0 Å². The molecule has 19 heavy (non-hydrogen) atoms. The molecule has 2 N–H and O–H groups in total. The molecular weight excluding hydrogens is 235 g/mol. The van der Waals surface area contributed by atoms with Crippen molar-refractivity contribution in [3.05, 3.63) is 54.1 Å². The second-order valence-electron chi connectivity index (χ2n) is 4.80. The molecule has 0 aliphatic rings. The summed E-state index contributed by atoms with van der Waals surface area (Å²) in [5.41, 5.74) is 4.13. The van der Waals surface area contributed by atoms with Gasteiger partial charge in [0.1, 0.15) is 0 Å². The van der Waals surface area contributed by atoms with E-state index in [4.69, 9.17) is 10.0 Å². The van der Waals surface area contributed by atoms with Crippen LogP contribution in [0.5, 0.6) is 0 Å². The first-order chi connectivity index (χ1) is 9.20. The van der Waals surface area contributed by atoms with Crippen molar-refractivity contribution in [1.82, 2.24) is 0 Å². The fraction of sp³-hybridized carbons (Fsp3) is 0.250. The van der Waals surface area contributed by atoms with Gasteiger partial charge in [-0.05, 0) is 35.0 Å². The van der Waals surface area contributed by atoms with E-state index < -0.39 is 7.12 Å². The average Bonchev–Trinajstić information content (AvgIpc) is 2.46. The molecule has 2 aromatic carbocycles. The number of rotatable bonds is 5. The zero-order valence-electron chi connectivity index (χ0n) is 11.2. The molecule has 2 rings (SSSR count). The van der Waals surface area contributed by atoms with E-state index in [-0.39, 0.29) is 0 Å². The number of benzene rings is 2. The SMILES string of the molecule is CCCCc1ccc(-c2ccc(B(O)O)cc2)cc1. The predicted octanol–water partition coefficient (Wildman–Crippen LogP) is 2.38. The van der Waals surface area contributed by atoms with Crippen LogP contribution in [-0.2, 0) is 6.42 Å². The molecule has 0 amide bonds. The lowest BCUT2D eigenvalue weighted by Gasteiger charge is -2.05. The molecule has 2 aromatic rings. The summed E-state index contributed by atoms with van der Waals surface area (Å²) >= 11 is 0. The van der Waals surface area contributed by atoms with Crippen molar-refractivity contribution in [2.24, 2.45) is 0 Å². The highest BCUT2D eigenvalue weighted by atomic mass is 16.4. The summed E-state index contributed by atoms with van der Waals surface area (Å²) in [7, 11) is -1.40. The summed E-state index contributed by atoms with van der Waals surface area (Å²) in [6.45, 7) is 2.20. The van der Waals surface area contributed by atoms with Crippen LogP contribution in [0.15, 0.2) is 48.5 Å². The van der Waals surface area contributed by atoms with Crippen LogP contribution in [0.3, 0.4) is 0 Å². The Hall–Kier alpha value is -1.58. The zero-order chi connectivity index (χ0) is 13.7. The van der Waals surface area contributed by atoms with Gasteiger partial charge in [0.05, 0.1) is 0 Å². The van der Waals surface area contributed by atoms with Gasteiger partial charge in [-0.25, -0.2) is 0 Å². The lowest BCUT2D eigenvalue weighted by molar-refractivity contribution is 0.426. The van der Waals surface area contributed by atoms with Gasteiger partial charge in [0.25, 0.3) is 0 Å². The zero-order valence-corrected chi connectivity index (χ0v) is 11.2. The fourth-order valence-corrected chi connectivity index (χ4v) is 2.09. The van der Waals surface area contributed by atoms with Crippen molar-refractivity contribution in [2.45, 2.75) is 26.2 Å². The van der Waals surface area contributed by atoms with Gasteiger partial charge in [0.2, 0.25) is 0 Å². The van der Waals surface area contributed by atoms with Gasteiger partial charge in [-0.1, -0.05) is 61.9 Å². The lowest BCUT2D eigenvalue weighted by Crippen LogP contribution is -2.29. The van der Waals surface area contributed by atoms with Gasteiger partial charge in [0.15, 0.2) is 0 Å². The highest BCUT2D eigenvalue weighted by molar-refractivity contribution is 6.58. The van der Waals surface area contributed by atoms with Gasteiger partial charge in [0, 0.05) is 0 Å². The largest absolute Gasteiger partial charge is 0.488 e. The van der Waals surface area contributed by atoms with Crippen LogP contribution < -0.4 is 5.46 Å². The van der Waals surface area contributed by atoms with Crippen LogP contribution in [0.2, 0.25) is 0 Å². The van der Waals surface area contributed by atoms with Crippen molar-refractivity contribution in [3.63, 3.8) is 0 Å². The minimum Gasteiger partial charge on any atom is -0.423 e. The molecule has 0 atom stereocenters. The van der Waals surface area contributed by atoms with Crippen molar-refractivity contribution in [3.8, 4) is 11.1 Å². The minimum atomic E-state index is -1.40. The first-order valence-corrected chi connectivity index (χ1v) is 6.76. The van der Waals surface area contributed by atoms with E-state index in [1.165, 1.54) is 18.4 Å². The molecule has 0 aliphatic heterocycles. The number of hydrogen-bond acceptors (Lipinski definition) is 2. The number of hydrogen-bond donors (Lipinski definition) is 2. The lowest BCUT2D eigenvalue weighted by atomic mass is 9.80. The maximum Gasteiger partial charge on any atom is 0.488 e. The molecule has 2 nitrogen and oxygen atoms in total. The summed E-state index contributed by atoms with van der Waals surface area (Å²) in [6.07, 6.45) is 3.57. The standard InChI is InChI=1S/C16H19BO2/c1-2-3-4-13-5-7-14(8-6-13)15-9-11-16(12-10-15)17(18)19/h5-12,18-19H,2-4H2,1H3. The van der Waals surface area contributed by atoms with Crippen LogP contribution >= 0.6 is 0 Å². The van der Waals surface area contributed by atoms with Crippen molar-refractivity contribution < 1.29 is 10.0 Å². The summed E-state index contributed by atoms with van der Waals surface area (Å²) in [4.78, 5) is 0. The Morgan fingerprint density at radius 1 is 0.842 bits per heavy atom. The molecule has 98 valence electrons. The first kappa shape index (κ1) is 13.8. The predicted molar refractivity (Wildman–Crippen MR) is 80.3 cm³/mol. The second kappa shape index (κ2) is 6.55. The third-order valence-corrected chi connectivity index (χ3v) is 3.32. The minimum absolute atomic E-state index is 0.517. The molecule has 0 bridgehead atoms. The third kappa shape index (κ3) is 3.69. The third-order valence-electron chi connectivity index (χ3n) is 3.32. The highest BCUT2D eigenvalue weighted by Crippen LogP contribution is 2.19. The van der Waals surface area contributed by atoms with Crippen molar-refractivity contribution in [2.75, 3.05) is 0 Å². The molecule has 0 aromatic heterocycles. The van der Waals surface area contributed by atoms with Crippen LogP contribution in [-0.4, -0.2) is 17.2 Å². The van der Waals surface area contributed by atoms with E-state index >= 15 is 0 Å². The van der Waals surface area contributed by atoms with Crippen LogP contribution in [0.1, 0.15) is 25.3 Å². The Balaban J connectivity index is 2.13. The van der Waals surface area contributed by atoms with E-state index in [2.05, 4.69) is 31.2 Å². The van der Waals surface area contributed by atoms with Gasteiger partial charge in [-0.2, -0.15) is 0 Å². The summed E-state index contributed by atoms with van der Waals surface area (Å²) < 4.78 is 0. The van der Waals surface area contributed by atoms with E-state index in [0.717, 1.165) is 17.5 Å². The second-order valence-corrected chi connectivity index (χ2v) is 4.80. The quantitative estimate of drug-likeness (QED) is 0.804. The van der Waals surface area contributed by atoms with E-state index in [0.29, 0.717) is 5.46 Å². The number of aryl methyl sites for hydroxylation is 1. The molecular formula is C16H19BO2. The van der Waals surface area contributed by atoms with Crippen molar-refractivity contribution in [1.29, 1.82) is 0 Å². The van der Waals surface area contributed by atoms with Gasteiger partial charge in [-0.3, -0.25) is 0 Å². The Bertz CT molecular complexity index is 503. The summed E-state index contributed by atoms with van der Waals surface area (Å²) in [5, 5.41) is 18.1. The van der Waals surface area contributed by atoms with E-state index in [1.807, 2.05) is 12.1 Å². The summed E-state index contributed by atoms with van der Waals surface area (Å²) in [6, 6.07) is 15.9. The Morgan fingerprint density at radius 3 is 1.84 bits per heavy atom. The van der Waals surface area contributed by atoms with Crippen LogP contribution in [0, 0.1) is 0 Å². The Morgan fingerprint density at radius 2 is 1.37 bits per heavy atom. The molecule has 0 saturated heterocycles. The molecule has 0 heterocycles. The van der Waals surface area contributed by atoms with Crippen molar-refractivity contribution >= 4 is 12.6 Å². The first-order valence-electron chi connectivity index (χ1n) is 6.76. The monoisotopic (exact) mass is 254 g/mol.